The fraction of sp³-hybridized carbons (Fsp3) is 0.550. The molecule has 0 N–H and O–H groups in total. The van der Waals surface area contributed by atoms with Crippen LogP contribution in [0.25, 0.3) is 0 Å². The minimum absolute atomic E-state index is 0.403. The zero-order valence-corrected chi connectivity index (χ0v) is 17.5. The minimum atomic E-state index is -3.42. The van der Waals surface area contributed by atoms with Gasteiger partial charge in [-0.1, -0.05) is 31.5 Å². The van der Waals surface area contributed by atoms with E-state index in [1.807, 2.05) is 38.4 Å². The molecule has 148 valence electrons. The van der Waals surface area contributed by atoms with Crippen molar-refractivity contribution in [2.45, 2.75) is 45.1 Å². The van der Waals surface area contributed by atoms with Gasteiger partial charge in [0.15, 0.2) is 0 Å². The minimum Gasteiger partial charge on any atom is -0.333 e. The number of hydrogen-bond acceptors (Lipinski definition) is 4. The van der Waals surface area contributed by atoms with Crippen LogP contribution in [0, 0.1) is 13.8 Å². The maximum atomic E-state index is 13.0. The van der Waals surface area contributed by atoms with Gasteiger partial charge >= 0.3 is 0 Å². The molecule has 0 aliphatic carbocycles. The Hall–Kier alpha value is -1.70. The molecule has 3 rings (SSSR count). The molecule has 0 spiro atoms. The molecule has 1 fully saturated rings. The zero-order valence-electron chi connectivity index (χ0n) is 16.7. The highest BCUT2D eigenvalue weighted by atomic mass is 32.2. The highest BCUT2D eigenvalue weighted by molar-refractivity contribution is 7.89. The summed E-state index contributed by atoms with van der Waals surface area (Å²) in [4.78, 5) is 7.19. The molecule has 1 saturated heterocycles. The van der Waals surface area contributed by atoms with Crippen molar-refractivity contribution in [3.8, 4) is 0 Å². The Morgan fingerprint density at radius 2 is 1.78 bits per heavy atom. The summed E-state index contributed by atoms with van der Waals surface area (Å²) in [5.41, 5.74) is 1.90. The number of sulfonamides is 1. The molecular formula is C20H30N4O2S. The molecule has 1 aliphatic rings. The Balaban J connectivity index is 1.59. The normalized spacial score (nSPS) is 16.9. The van der Waals surface area contributed by atoms with Gasteiger partial charge in [-0.25, -0.2) is 13.4 Å². The van der Waals surface area contributed by atoms with Gasteiger partial charge in [-0.3, -0.25) is 4.90 Å². The Morgan fingerprint density at radius 3 is 2.41 bits per heavy atom. The topological polar surface area (TPSA) is 58.4 Å². The van der Waals surface area contributed by atoms with Crippen molar-refractivity contribution < 1.29 is 8.42 Å². The van der Waals surface area contributed by atoms with Crippen LogP contribution in [0.3, 0.4) is 0 Å². The molecule has 1 aromatic carbocycles. The second-order valence-electron chi connectivity index (χ2n) is 7.65. The van der Waals surface area contributed by atoms with Gasteiger partial charge in [0.2, 0.25) is 10.0 Å². The number of benzene rings is 1. The number of imidazole rings is 1. The third kappa shape index (κ3) is 4.42. The molecule has 6 nitrogen and oxygen atoms in total. The molecule has 0 bridgehead atoms. The predicted molar refractivity (Wildman–Crippen MR) is 107 cm³/mol. The Bertz CT molecular complexity index is 881. The summed E-state index contributed by atoms with van der Waals surface area (Å²) in [5, 5.41) is 0. The Kier molecular flexibility index (Phi) is 6.03. The molecule has 1 aromatic heterocycles. The molecule has 2 heterocycles. The van der Waals surface area contributed by atoms with Crippen LogP contribution in [0.5, 0.6) is 0 Å². The first kappa shape index (κ1) is 20.0. The highest BCUT2D eigenvalue weighted by Crippen LogP contribution is 2.22. The van der Waals surface area contributed by atoms with E-state index in [1.54, 1.807) is 10.4 Å². The lowest BCUT2D eigenvalue weighted by Gasteiger charge is -2.34. The largest absolute Gasteiger partial charge is 0.333 e. The number of piperazine rings is 1. The summed E-state index contributed by atoms with van der Waals surface area (Å²) in [6, 6.07) is 5.53. The third-order valence-corrected chi connectivity index (χ3v) is 7.26. The van der Waals surface area contributed by atoms with E-state index in [4.69, 9.17) is 0 Å². The monoisotopic (exact) mass is 390 g/mol. The van der Waals surface area contributed by atoms with E-state index in [0.717, 1.165) is 43.1 Å². The van der Waals surface area contributed by atoms with Gasteiger partial charge in [-0.05, 0) is 25.5 Å². The Morgan fingerprint density at radius 1 is 1.07 bits per heavy atom. The maximum Gasteiger partial charge on any atom is 0.243 e. The van der Waals surface area contributed by atoms with E-state index in [2.05, 4.69) is 28.3 Å². The number of nitrogens with zero attached hydrogens (tertiary/aromatic N) is 4. The van der Waals surface area contributed by atoms with Gasteiger partial charge < -0.3 is 4.57 Å². The molecule has 1 aliphatic heterocycles. The summed E-state index contributed by atoms with van der Waals surface area (Å²) in [6.07, 6.45) is 3.87. The van der Waals surface area contributed by atoms with Gasteiger partial charge in [0, 0.05) is 57.6 Å². The molecule has 2 aromatic rings. The Labute approximate surface area is 162 Å². The number of aryl methyl sites for hydroxylation is 2. The highest BCUT2D eigenvalue weighted by Gasteiger charge is 2.29. The van der Waals surface area contributed by atoms with Gasteiger partial charge in [0.05, 0.1) is 4.90 Å². The van der Waals surface area contributed by atoms with Crippen molar-refractivity contribution in [3.63, 3.8) is 0 Å². The molecule has 0 unspecified atom stereocenters. The average Bonchev–Trinajstić information content (AvgIpc) is 3.09. The van der Waals surface area contributed by atoms with E-state index >= 15 is 0 Å². The molecule has 0 saturated carbocycles. The summed E-state index contributed by atoms with van der Waals surface area (Å²) in [7, 11) is -3.42. The molecule has 0 radical (unpaired) electrons. The summed E-state index contributed by atoms with van der Waals surface area (Å²) in [6.45, 7) is 12.5. The van der Waals surface area contributed by atoms with E-state index < -0.39 is 10.0 Å². The van der Waals surface area contributed by atoms with E-state index in [9.17, 15) is 8.42 Å². The van der Waals surface area contributed by atoms with Crippen molar-refractivity contribution in [1.82, 2.24) is 18.8 Å². The van der Waals surface area contributed by atoms with E-state index in [1.165, 1.54) is 0 Å². The maximum absolute atomic E-state index is 13.0. The SMILES string of the molecule is Cc1ccc(S(=O)(=O)N2CCN(CCn3ccnc3C(C)C)CC2)c(C)c1. The van der Waals surface area contributed by atoms with Gasteiger partial charge in [0.1, 0.15) is 5.82 Å². The van der Waals surface area contributed by atoms with Crippen LogP contribution in [-0.4, -0.2) is 59.9 Å². The zero-order chi connectivity index (χ0) is 19.6. The smallest absolute Gasteiger partial charge is 0.243 e. The third-order valence-electron chi connectivity index (χ3n) is 5.20. The fourth-order valence-electron chi connectivity index (χ4n) is 3.68. The second kappa shape index (κ2) is 8.12. The van der Waals surface area contributed by atoms with Crippen molar-refractivity contribution in [3.05, 3.63) is 47.5 Å². The number of hydrogen-bond donors (Lipinski definition) is 0. The van der Waals surface area contributed by atoms with Crippen LogP contribution in [0.15, 0.2) is 35.5 Å². The fourth-order valence-corrected chi connectivity index (χ4v) is 5.31. The van der Waals surface area contributed by atoms with Crippen LogP contribution < -0.4 is 0 Å². The van der Waals surface area contributed by atoms with Gasteiger partial charge in [0.25, 0.3) is 0 Å². The van der Waals surface area contributed by atoms with Crippen molar-refractivity contribution in [2.24, 2.45) is 0 Å². The van der Waals surface area contributed by atoms with E-state index in [0.29, 0.717) is 23.9 Å². The average molecular weight is 391 g/mol. The number of aromatic nitrogens is 2. The lowest BCUT2D eigenvalue weighted by molar-refractivity contribution is 0.182. The molecule has 27 heavy (non-hydrogen) atoms. The standard InChI is InChI=1S/C20H30N4O2S/c1-16(2)20-21-7-8-23(20)12-9-22-10-13-24(14-11-22)27(25,26)19-6-5-17(3)15-18(19)4/h5-8,15-16H,9-14H2,1-4H3. The van der Waals surface area contributed by atoms with Crippen LogP contribution in [-0.2, 0) is 16.6 Å². The van der Waals surface area contributed by atoms with Crippen molar-refractivity contribution in [1.29, 1.82) is 0 Å². The summed E-state index contributed by atoms with van der Waals surface area (Å²) in [5.74, 6) is 1.51. The lowest BCUT2D eigenvalue weighted by atomic mass is 10.2. The lowest BCUT2D eigenvalue weighted by Crippen LogP contribution is -2.49. The first-order valence-corrected chi connectivity index (χ1v) is 11.0. The molecule has 0 atom stereocenters. The van der Waals surface area contributed by atoms with Gasteiger partial charge in [-0.2, -0.15) is 4.31 Å². The van der Waals surface area contributed by atoms with Gasteiger partial charge in [-0.15, -0.1) is 0 Å². The first-order valence-electron chi connectivity index (χ1n) is 9.60. The number of rotatable bonds is 6. The predicted octanol–water partition coefficient (Wildman–Crippen LogP) is 2.63. The van der Waals surface area contributed by atoms with Crippen LogP contribution in [0.1, 0.15) is 36.7 Å². The molecule has 0 amide bonds. The molecule has 7 heteroatoms. The van der Waals surface area contributed by atoms with Crippen molar-refractivity contribution >= 4 is 10.0 Å². The summed E-state index contributed by atoms with van der Waals surface area (Å²) < 4.78 is 29.8. The van der Waals surface area contributed by atoms with Crippen LogP contribution in [0.4, 0.5) is 0 Å². The van der Waals surface area contributed by atoms with E-state index in [-0.39, 0.29) is 0 Å². The first-order chi connectivity index (χ1) is 12.8. The quantitative estimate of drug-likeness (QED) is 0.761. The second-order valence-corrected chi connectivity index (χ2v) is 9.55. The summed E-state index contributed by atoms with van der Waals surface area (Å²) >= 11 is 0. The van der Waals surface area contributed by atoms with Crippen LogP contribution >= 0.6 is 0 Å². The van der Waals surface area contributed by atoms with Crippen LogP contribution in [0.2, 0.25) is 0 Å². The van der Waals surface area contributed by atoms with Crippen molar-refractivity contribution in [2.75, 3.05) is 32.7 Å². The molecular weight excluding hydrogens is 360 g/mol.